The molecule has 1 aliphatic rings. The van der Waals surface area contributed by atoms with Gasteiger partial charge in [-0.3, -0.25) is 9.59 Å². The molecule has 0 saturated carbocycles. The Morgan fingerprint density at radius 3 is 2.50 bits per heavy atom. The highest BCUT2D eigenvalue weighted by molar-refractivity contribution is 9.10. The fourth-order valence-corrected chi connectivity index (χ4v) is 2.80. The minimum absolute atomic E-state index is 0.317. The van der Waals surface area contributed by atoms with E-state index in [1.807, 2.05) is 13.0 Å². The van der Waals surface area contributed by atoms with Crippen molar-refractivity contribution in [2.45, 2.75) is 6.92 Å². The fraction of sp³-hybridized carbons (Fsp3) is 0.0667. The van der Waals surface area contributed by atoms with E-state index in [-0.39, 0.29) is 11.8 Å². The molecule has 0 saturated heterocycles. The molecule has 3 nitrogen and oxygen atoms in total. The minimum Gasteiger partial charge on any atom is -0.268 e. The number of halogens is 2. The van der Waals surface area contributed by atoms with Crippen LogP contribution < -0.4 is 4.90 Å². The maximum atomic E-state index is 12.5. The average molecular weight is 351 g/mol. The van der Waals surface area contributed by atoms with Gasteiger partial charge >= 0.3 is 0 Å². The van der Waals surface area contributed by atoms with Crippen molar-refractivity contribution in [3.63, 3.8) is 0 Å². The van der Waals surface area contributed by atoms with Crippen molar-refractivity contribution in [3.8, 4) is 0 Å². The van der Waals surface area contributed by atoms with E-state index >= 15 is 0 Å². The lowest BCUT2D eigenvalue weighted by molar-refractivity contribution is 0.0926. The number of amides is 2. The van der Waals surface area contributed by atoms with Gasteiger partial charge in [-0.05, 0) is 42.8 Å². The molecule has 0 unspecified atom stereocenters. The summed E-state index contributed by atoms with van der Waals surface area (Å²) >= 11 is 9.31. The third kappa shape index (κ3) is 1.87. The Morgan fingerprint density at radius 2 is 1.75 bits per heavy atom. The molecule has 0 spiro atoms. The Labute approximate surface area is 129 Å². The van der Waals surface area contributed by atoms with Gasteiger partial charge in [0.05, 0.1) is 16.8 Å². The quantitative estimate of drug-likeness (QED) is 0.722. The van der Waals surface area contributed by atoms with E-state index in [9.17, 15) is 9.59 Å². The normalized spacial score (nSPS) is 13.8. The van der Waals surface area contributed by atoms with Crippen molar-refractivity contribution in [2.24, 2.45) is 0 Å². The Morgan fingerprint density at radius 1 is 1.05 bits per heavy atom. The second-order valence-corrected chi connectivity index (χ2v) is 5.81. The number of imide groups is 1. The van der Waals surface area contributed by atoms with Crippen LogP contribution in [0.5, 0.6) is 0 Å². The van der Waals surface area contributed by atoms with Crippen LogP contribution in [0.4, 0.5) is 5.69 Å². The van der Waals surface area contributed by atoms with Crippen molar-refractivity contribution < 1.29 is 9.59 Å². The van der Waals surface area contributed by atoms with Gasteiger partial charge in [0.25, 0.3) is 11.8 Å². The highest BCUT2D eigenvalue weighted by Crippen LogP contribution is 2.34. The van der Waals surface area contributed by atoms with Gasteiger partial charge in [0.1, 0.15) is 0 Å². The van der Waals surface area contributed by atoms with Gasteiger partial charge in [-0.1, -0.05) is 33.6 Å². The first-order chi connectivity index (χ1) is 9.50. The van der Waals surface area contributed by atoms with Gasteiger partial charge in [-0.2, -0.15) is 0 Å². The summed E-state index contributed by atoms with van der Waals surface area (Å²) in [5, 5.41) is 0.442. The molecule has 5 heteroatoms. The molecular formula is C15H9BrClNO2. The number of fused-ring (bicyclic) bond motifs is 1. The number of nitrogens with zero attached hydrogens (tertiary/aromatic N) is 1. The zero-order valence-electron chi connectivity index (χ0n) is 10.5. The Bertz CT molecular complexity index is 758. The van der Waals surface area contributed by atoms with E-state index in [1.54, 1.807) is 24.3 Å². The van der Waals surface area contributed by atoms with E-state index < -0.39 is 0 Å². The molecule has 0 fully saturated rings. The molecule has 1 aliphatic heterocycles. The topological polar surface area (TPSA) is 37.4 Å². The lowest BCUT2D eigenvalue weighted by Gasteiger charge is -2.17. The first-order valence-corrected chi connectivity index (χ1v) is 7.11. The highest BCUT2D eigenvalue weighted by atomic mass is 79.9. The summed E-state index contributed by atoms with van der Waals surface area (Å²) in [5.41, 5.74) is 2.16. The van der Waals surface area contributed by atoms with Crippen molar-refractivity contribution in [1.82, 2.24) is 0 Å². The van der Waals surface area contributed by atoms with Crippen molar-refractivity contribution in [1.29, 1.82) is 0 Å². The van der Waals surface area contributed by atoms with Gasteiger partial charge in [0.2, 0.25) is 0 Å². The van der Waals surface area contributed by atoms with Gasteiger partial charge in [0, 0.05) is 9.50 Å². The van der Waals surface area contributed by atoms with Gasteiger partial charge < -0.3 is 0 Å². The predicted molar refractivity (Wildman–Crippen MR) is 81.5 cm³/mol. The fourth-order valence-electron chi connectivity index (χ4n) is 2.27. The van der Waals surface area contributed by atoms with Crippen LogP contribution in [0.25, 0.3) is 0 Å². The van der Waals surface area contributed by atoms with Crippen molar-refractivity contribution in [3.05, 3.63) is 62.6 Å². The third-order valence-electron chi connectivity index (χ3n) is 3.33. The molecule has 0 radical (unpaired) electrons. The zero-order valence-corrected chi connectivity index (χ0v) is 12.8. The van der Waals surface area contributed by atoms with Crippen LogP contribution in [0.1, 0.15) is 26.3 Å². The molecule has 3 rings (SSSR count). The average Bonchev–Trinajstić information content (AvgIpc) is 2.65. The number of rotatable bonds is 1. The molecule has 1 heterocycles. The summed E-state index contributed by atoms with van der Waals surface area (Å²) < 4.78 is 0.851. The largest absolute Gasteiger partial charge is 0.268 e. The SMILES string of the molecule is Cc1c(Br)cccc1N1C(=O)c2ccc(Cl)cc2C1=O. The van der Waals surface area contributed by atoms with Crippen LogP contribution in [0.15, 0.2) is 40.9 Å². The van der Waals surface area contributed by atoms with Crippen LogP contribution in [0.2, 0.25) is 5.02 Å². The number of hydrogen-bond donors (Lipinski definition) is 0. The lowest BCUT2D eigenvalue weighted by atomic mass is 10.1. The van der Waals surface area contributed by atoms with Gasteiger partial charge in [-0.15, -0.1) is 0 Å². The number of carbonyl (C=O) groups is 2. The first-order valence-electron chi connectivity index (χ1n) is 5.94. The summed E-state index contributed by atoms with van der Waals surface area (Å²) in [6.45, 7) is 1.86. The van der Waals surface area contributed by atoms with E-state index in [0.717, 1.165) is 10.0 Å². The number of carbonyl (C=O) groups excluding carboxylic acids is 2. The molecule has 0 atom stereocenters. The molecule has 0 N–H and O–H groups in total. The summed E-state index contributed by atoms with van der Waals surface area (Å²) in [5.74, 6) is -0.656. The van der Waals surface area contributed by atoms with Crippen LogP contribution in [-0.2, 0) is 0 Å². The molecule has 100 valence electrons. The monoisotopic (exact) mass is 349 g/mol. The van der Waals surface area contributed by atoms with E-state index in [1.165, 1.54) is 11.0 Å². The van der Waals surface area contributed by atoms with E-state index in [0.29, 0.717) is 21.8 Å². The third-order valence-corrected chi connectivity index (χ3v) is 4.42. The standard InChI is InChI=1S/C15H9BrClNO2/c1-8-12(16)3-2-4-13(8)18-14(19)10-6-5-9(17)7-11(10)15(18)20/h2-7H,1H3. The second-order valence-electron chi connectivity index (χ2n) is 4.52. The second kappa shape index (κ2) is 4.72. The van der Waals surface area contributed by atoms with Crippen LogP contribution in [0, 0.1) is 6.92 Å². The van der Waals surface area contributed by atoms with Crippen molar-refractivity contribution >= 4 is 45.0 Å². The van der Waals surface area contributed by atoms with Crippen molar-refractivity contribution in [2.75, 3.05) is 4.90 Å². The molecule has 2 aromatic carbocycles. The van der Waals surface area contributed by atoms with Crippen LogP contribution in [0.3, 0.4) is 0 Å². The van der Waals surface area contributed by atoms with Crippen LogP contribution >= 0.6 is 27.5 Å². The molecule has 2 aromatic rings. The minimum atomic E-state index is -0.339. The van der Waals surface area contributed by atoms with E-state index in [2.05, 4.69) is 15.9 Å². The Balaban J connectivity index is 2.17. The maximum absolute atomic E-state index is 12.5. The molecule has 0 aromatic heterocycles. The summed E-state index contributed by atoms with van der Waals surface area (Å²) in [4.78, 5) is 26.1. The molecule has 0 bridgehead atoms. The summed E-state index contributed by atoms with van der Waals surface area (Å²) in [6, 6.07) is 10.2. The Kier molecular flexibility index (Phi) is 3.15. The molecule has 2 amide bonds. The smallest absolute Gasteiger partial charge is 0.266 e. The number of anilines is 1. The first kappa shape index (κ1) is 13.3. The highest BCUT2D eigenvalue weighted by Gasteiger charge is 2.37. The Hall–Kier alpha value is -1.65. The molecule has 0 aliphatic carbocycles. The van der Waals surface area contributed by atoms with Gasteiger partial charge in [-0.25, -0.2) is 4.90 Å². The molecule has 20 heavy (non-hydrogen) atoms. The predicted octanol–water partition coefficient (Wildman–Crippen LogP) is 4.21. The zero-order chi connectivity index (χ0) is 14.4. The van der Waals surface area contributed by atoms with Crippen LogP contribution in [-0.4, -0.2) is 11.8 Å². The maximum Gasteiger partial charge on any atom is 0.266 e. The summed E-state index contributed by atoms with van der Waals surface area (Å²) in [6.07, 6.45) is 0. The number of benzene rings is 2. The lowest BCUT2D eigenvalue weighted by Crippen LogP contribution is -2.30. The number of hydrogen-bond acceptors (Lipinski definition) is 2. The van der Waals surface area contributed by atoms with Gasteiger partial charge in [0.15, 0.2) is 0 Å². The summed E-state index contributed by atoms with van der Waals surface area (Å²) in [7, 11) is 0. The van der Waals surface area contributed by atoms with E-state index in [4.69, 9.17) is 11.6 Å². The molecular weight excluding hydrogens is 342 g/mol.